The molecular weight excluding hydrogens is 390 g/mol. The van der Waals surface area contributed by atoms with Gasteiger partial charge in [-0.2, -0.15) is 5.26 Å². The third-order valence-corrected chi connectivity index (χ3v) is 6.14. The van der Waals surface area contributed by atoms with Gasteiger partial charge in [0.05, 0.1) is 24.7 Å². The van der Waals surface area contributed by atoms with E-state index in [1.807, 2.05) is 24.3 Å². The Labute approximate surface area is 182 Å². The minimum Gasteiger partial charge on any atom is -0.489 e. The molecule has 0 atom stereocenters. The number of aryl methyl sites for hydroxylation is 1. The lowest BCUT2D eigenvalue weighted by Crippen LogP contribution is -2.16. The van der Waals surface area contributed by atoms with Crippen LogP contribution in [0.25, 0.3) is 5.57 Å². The van der Waals surface area contributed by atoms with Crippen LogP contribution in [0.5, 0.6) is 5.75 Å². The maximum absolute atomic E-state index is 10.6. The average Bonchev–Trinajstić information content (AvgIpc) is 3.60. The Hall–Kier alpha value is -3.10. The molecule has 1 fully saturated rings. The van der Waals surface area contributed by atoms with Gasteiger partial charge in [-0.3, -0.25) is 4.79 Å². The zero-order chi connectivity index (χ0) is 21.7. The molecule has 1 aliphatic heterocycles. The maximum atomic E-state index is 10.6. The summed E-state index contributed by atoms with van der Waals surface area (Å²) in [5.41, 5.74) is 5.56. The molecular formula is C26H27NO4. The monoisotopic (exact) mass is 417 g/mol. The number of rotatable bonds is 9. The first-order valence-electron chi connectivity index (χ1n) is 10.8. The molecule has 2 aromatic carbocycles. The van der Waals surface area contributed by atoms with Crippen molar-refractivity contribution in [1.82, 2.24) is 0 Å². The van der Waals surface area contributed by atoms with Crippen LogP contribution in [0.1, 0.15) is 48.8 Å². The number of nitriles is 1. The maximum Gasteiger partial charge on any atom is 0.303 e. The summed E-state index contributed by atoms with van der Waals surface area (Å²) in [6.07, 6.45) is 4.33. The Balaban J connectivity index is 1.40. The number of nitrogens with zero attached hydrogens (tertiary/aromatic N) is 1. The van der Waals surface area contributed by atoms with E-state index in [1.54, 1.807) is 0 Å². The van der Waals surface area contributed by atoms with Gasteiger partial charge in [-0.05, 0) is 72.1 Å². The lowest BCUT2D eigenvalue weighted by atomic mass is 9.92. The first kappa shape index (κ1) is 21.1. The Kier molecular flexibility index (Phi) is 6.39. The van der Waals surface area contributed by atoms with Gasteiger partial charge in [0.25, 0.3) is 0 Å². The molecule has 5 heteroatoms. The number of benzene rings is 2. The lowest BCUT2D eigenvalue weighted by molar-refractivity contribution is -0.137. The zero-order valence-electron chi connectivity index (χ0n) is 17.6. The predicted molar refractivity (Wildman–Crippen MR) is 118 cm³/mol. The lowest BCUT2D eigenvalue weighted by Gasteiger charge is -2.22. The van der Waals surface area contributed by atoms with E-state index in [2.05, 4.69) is 30.3 Å². The fourth-order valence-electron chi connectivity index (χ4n) is 4.06. The van der Waals surface area contributed by atoms with E-state index in [4.69, 9.17) is 14.6 Å². The number of carboxylic acids is 1. The molecule has 0 amide bonds. The molecule has 5 nitrogen and oxygen atoms in total. The van der Waals surface area contributed by atoms with Crippen molar-refractivity contribution < 1.29 is 19.4 Å². The fraction of sp³-hybridized carbons (Fsp3) is 0.385. The van der Waals surface area contributed by atoms with Gasteiger partial charge in [0, 0.05) is 6.42 Å². The molecule has 0 spiro atoms. The van der Waals surface area contributed by atoms with Gasteiger partial charge >= 0.3 is 5.97 Å². The molecule has 0 radical (unpaired) electrons. The van der Waals surface area contributed by atoms with E-state index in [1.165, 1.54) is 11.1 Å². The second-order valence-electron chi connectivity index (χ2n) is 8.34. The highest BCUT2D eigenvalue weighted by molar-refractivity contribution is 5.70. The molecule has 31 heavy (non-hydrogen) atoms. The highest BCUT2D eigenvalue weighted by Gasteiger charge is 2.44. The Morgan fingerprint density at radius 2 is 1.87 bits per heavy atom. The summed E-state index contributed by atoms with van der Waals surface area (Å²) < 4.78 is 11.7. The summed E-state index contributed by atoms with van der Waals surface area (Å²) in [6, 6.07) is 18.7. The number of ether oxygens (including phenoxy) is 2. The van der Waals surface area contributed by atoms with Crippen LogP contribution in [-0.4, -0.2) is 30.9 Å². The summed E-state index contributed by atoms with van der Waals surface area (Å²) in [5, 5.41) is 18.2. The second-order valence-corrected chi connectivity index (χ2v) is 8.34. The number of hydrogen-bond acceptors (Lipinski definition) is 4. The van der Waals surface area contributed by atoms with Gasteiger partial charge in [0.1, 0.15) is 12.4 Å². The van der Waals surface area contributed by atoms with Gasteiger partial charge < -0.3 is 14.6 Å². The Bertz CT molecular complexity index is 995. The van der Waals surface area contributed by atoms with E-state index in [-0.39, 0.29) is 11.8 Å². The number of carboxylic acid groups (broad SMARTS) is 1. The van der Waals surface area contributed by atoms with Crippen molar-refractivity contribution in [3.05, 3.63) is 70.8 Å². The average molecular weight is 418 g/mol. The molecule has 0 bridgehead atoms. The smallest absolute Gasteiger partial charge is 0.303 e. The Morgan fingerprint density at radius 1 is 1.13 bits per heavy atom. The molecule has 0 saturated heterocycles. The van der Waals surface area contributed by atoms with Crippen molar-refractivity contribution in [2.24, 2.45) is 0 Å². The SMILES string of the molecule is N#CC1(c2ccc(C3=C(COc4ccc(CCCC(=O)O)cc4)COCC3)cc2)CC1. The fourth-order valence-corrected chi connectivity index (χ4v) is 4.06. The number of carbonyl (C=O) groups is 1. The molecule has 1 aliphatic carbocycles. The van der Waals surface area contributed by atoms with Gasteiger partial charge in [0.2, 0.25) is 0 Å². The van der Waals surface area contributed by atoms with Gasteiger partial charge in [0.15, 0.2) is 0 Å². The standard InChI is InChI=1S/C26H27NO4/c27-18-26(13-14-26)22-8-6-20(7-9-22)24-12-15-30-16-21(24)17-31-23-10-4-19(5-11-23)2-1-3-25(28)29/h4-11H,1-3,12-17H2,(H,28,29). The van der Waals surface area contributed by atoms with E-state index < -0.39 is 5.97 Å². The van der Waals surface area contributed by atoms with Gasteiger partial charge in [-0.15, -0.1) is 0 Å². The molecule has 0 aromatic heterocycles. The van der Waals surface area contributed by atoms with Crippen LogP contribution in [-0.2, 0) is 21.4 Å². The summed E-state index contributed by atoms with van der Waals surface area (Å²) in [4.78, 5) is 10.6. The van der Waals surface area contributed by atoms with Crippen molar-refractivity contribution in [3.8, 4) is 11.8 Å². The summed E-state index contributed by atoms with van der Waals surface area (Å²) >= 11 is 0. The highest BCUT2D eigenvalue weighted by atomic mass is 16.5. The van der Waals surface area contributed by atoms with Crippen LogP contribution in [0.3, 0.4) is 0 Å². The van der Waals surface area contributed by atoms with Gasteiger partial charge in [-0.25, -0.2) is 0 Å². The van der Waals surface area contributed by atoms with E-state index >= 15 is 0 Å². The number of aliphatic carboxylic acids is 1. The van der Waals surface area contributed by atoms with Crippen molar-refractivity contribution in [1.29, 1.82) is 5.26 Å². The third-order valence-electron chi connectivity index (χ3n) is 6.14. The highest BCUT2D eigenvalue weighted by Crippen LogP contribution is 2.47. The molecule has 1 N–H and O–H groups in total. The number of hydrogen-bond donors (Lipinski definition) is 1. The van der Waals surface area contributed by atoms with Crippen molar-refractivity contribution >= 4 is 11.5 Å². The van der Waals surface area contributed by atoms with Crippen LogP contribution in [0.2, 0.25) is 0 Å². The summed E-state index contributed by atoms with van der Waals surface area (Å²) in [6.45, 7) is 1.73. The molecule has 0 unspecified atom stereocenters. The Morgan fingerprint density at radius 3 is 2.52 bits per heavy atom. The van der Waals surface area contributed by atoms with Crippen molar-refractivity contribution in [3.63, 3.8) is 0 Å². The van der Waals surface area contributed by atoms with E-state index in [9.17, 15) is 10.1 Å². The van der Waals surface area contributed by atoms with Crippen molar-refractivity contribution in [2.75, 3.05) is 19.8 Å². The summed E-state index contributed by atoms with van der Waals surface area (Å²) in [7, 11) is 0. The molecule has 4 rings (SSSR count). The van der Waals surface area contributed by atoms with E-state index in [0.717, 1.165) is 48.1 Å². The molecule has 1 heterocycles. The topological polar surface area (TPSA) is 79.5 Å². The molecule has 2 aromatic rings. The first-order valence-corrected chi connectivity index (χ1v) is 10.8. The van der Waals surface area contributed by atoms with Gasteiger partial charge in [-0.1, -0.05) is 36.4 Å². The minimum absolute atomic E-state index is 0.188. The zero-order valence-corrected chi connectivity index (χ0v) is 17.6. The van der Waals surface area contributed by atoms with Crippen LogP contribution in [0.15, 0.2) is 54.1 Å². The minimum atomic E-state index is -0.759. The summed E-state index contributed by atoms with van der Waals surface area (Å²) in [5.74, 6) is 0.0323. The van der Waals surface area contributed by atoms with Crippen LogP contribution in [0.4, 0.5) is 0 Å². The predicted octanol–water partition coefficient (Wildman–Crippen LogP) is 4.90. The van der Waals surface area contributed by atoms with Crippen LogP contribution >= 0.6 is 0 Å². The normalized spacial score (nSPS) is 17.1. The van der Waals surface area contributed by atoms with Crippen LogP contribution < -0.4 is 4.74 Å². The molecule has 1 saturated carbocycles. The van der Waals surface area contributed by atoms with E-state index in [0.29, 0.717) is 26.2 Å². The van der Waals surface area contributed by atoms with Crippen LogP contribution in [0, 0.1) is 11.3 Å². The third kappa shape index (κ3) is 5.15. The largest absolute Gasteiger partial charge is 0.489 e. The first-order chi connectivity index (χ1) is 15.1. The quantitative estimate of drug-likeness (QED) is 0.628. The molecule has 160 valence electrons. The van der Waals surface area contributed by atoms with Crippen molar-refractivity contribution in [2.45, 2.75) is 43.9 Å². The molecule has 2 aliphatic rings. The second kappa shape index (κ2) is 9.36.